The molecule has 6 heteroatoms. The summed E-state index contributed by atoms with van der Waals surface area (Å²) in [5, 5.41) is 0. The SMILES string of the molecule is COC(=O)C=c1sc2n(c1=O)C(c1ccccc1)C1=C(N=2)C(=Cc2ccccc2)CCC1. The lowest BCUT2D eigenvalue weighted by molar-refractivity contribution is -0.133. The third kappa shape index (κ3) is 3.67. The molecule has 0 radical (unpaired) electrons. The molecule has 5 nitrogen and oxygen atoms in total. The number of ether oxygens (including phenoxy) is 1. The summed E-state index contributed by atoms with van der Waals surface area (Å²) >= 11 is 1.23. The summed E-state index contributed by atoms with van der Waals surface area (Å²) in [6.07, 6.45) is 6.28. The van der Waals surface area contributed by atoms with E-state index in [0.29, 0.717) is 9.33 Å². The van der Waals surface area contributed by atoms with Gasteiger partial charge in [0.05, 0.1) is 18.8 Å². The van der Waals surface area contributed by atoms with E-state index in [0.717, 1.165) is 41.7 Å². The molecular formula is C26H22N2O3S. The molecule has 0 spiro atoms. The number of aromatic nitrogens is 1. The van der Waals surface area contributed by atoms with Crippen LogP contribution in [-0.4, -0.2) is 17.6 Å². The van der Waals surface area contributed by atoms with Crippen molar-refractivity contribution < 1.29 is 9.53 Å². The maximum absolute atomic E-state index is 13.3. The molecule has 1 aliphatic carbocycles. The molecule has 1 unspecified atom stereocenters. The lowest BCUT2D eigenvalue weighted by Gasteiger charge is -2.31. The molecule has 1 aliphatic heterocycles. The molecule has 0 amide bonds. The van der Waals surface area contributed by atoms with Crippen LogP contribution in [0.25, 0.3) is 12.2 Å². The van der Waals surface area contributed by atoms with Gasteiger partial charge in [0, 0.05) is 6.08 Å². The zero-order chi connectivity index (χ0) is 22.1. The number of nitrogens with zero attached hydrogens (tertiary/aromatic N) is 2. The van der Waals surface area contributed by atoms with Crippen LogP contribution in [0.4, 0.5) is 0 Å². The van der Waals surface area contributed by atoms with E-state index in [1.54, 1.807) is 4.57 Å². The van der Waals surface area contributed by atoms with Crippen LogP contribution in [0.3, 0.4) is 0 Å². The fourth-order valence-corrected chi connectivity index (χ4v) is 5.37. The van der Waals surface area contributed by atoms with Crippen molar-refractivity contribution >= 4 is 29.5 Å². The first kappa shape index (κ1) is 20.4. The van der Waals surface area contributed by atoms with Crippen molar-refractivity contribution in [2.45, 2.75) is 25.3 Å². The van der Waals surface area contributed by atoms with Gasteiger partial charge >= 0.3 is 5.97 Å². The van der Waals surface area contributed by atoms with Gasteiger partial charge in [0.25, 0.3) is 5.56 Å². The van der Waals surface area contributed by atoms with Crippen LogP contribution in [0, 0.1) is 0 Å². The number of fused-ring (bicyclic) bond motifs is 1. The van der Waals surface area contributed by atoms with Crippen LogP contribution in [-0.2, 0) is 9.53 Å². The van der Waals surface area contributed by atoms with Crippen LogP contribution in [0.2, 0.25) is 0 Å². The normalized spacial score (nSPS) is 19.3. The molecule has 3 aromatic rings. The van der Waals surface area contributed by atoms with Crippen molar-refractivity contribution in [3.63, 3.8) is 0 Å². The van der Waals surface area contributed by atoms with Gasteiger partial charge in [-0.15, -0.1) is 0 Å². The van der Waals surface area contributed by atoms with Gasteiger partial charge in [-0.1, -0.05) is 72.0 Å². The Hall–Kier alpha value is -3.51. The quantitative estimate of drug-likeness (QED) is 0.583. The van der Waals surface area contributed by atoms with Crippen LogP contribution in [0.1, 0.15) is 36.4 Å². The molecule has 2 aliphatic rings. The summed E-state index contributed by atoms with van der Waals surface area (Å²) in [5.74, 6) is -0.542. The fourth-order valence-electron chi connectivity index (χ4n) is 4.41. The molecule has 0 bridgehead atoms. The predicted octanol–water partition coefficient (Wildman–Crippen LogP) is 3.61. The summed E-state index contributed by atoms with van der Waals surface area (Å²) in [6.45, 7) is 0. The Morgan fingerprint density at radius 1 is 1.09 bits per heavy atom. The Morgan fingerprint density at radius 3 is 2.53 bits per heavy atom. The molecule has 2 heterocycles. The number of benzene rings is 2. The third-order valence-electron chi connectivity index (χ3n) is 5.84. The highest BCUT2D eigenvalue weighted by Crippen LogP contribution is 2.40. The predicted molar refractivity (Wildman–Crippen MR) is 126 cm³/mol. The van der Waals surface area contributed by atoms with Crippen molar-refractivity contribution in [1.29, 1.82) is 0 Å². The van der Waals surface area contributed by atoms with Crippen molar-refractivity contribution in [3.8, 4) is 0 Å². The number of hydrogen-bond donors (Lipinski definition) is 0. The molecule has 0 saturated heterocycles. The van der Waals surface area contributed by atoms with E-state index >= 15 is 0 Å². The van der Waals surface area contributed by atoms with Crippen LogP contribution >= 0.6 is 11.3 Å². The first-order valence-electron chi connectivity index (χ1n) is 10.6. The van der Waals surface area contributed by atoms with Crippen LogP contribution in [0.15, 0.2) is 87.3 Å². The summed E-state index contributed by atoms with van der Waals surface area (Å²) in [4.78, 5) is 30.7. The zero-order valence-corrected chi connectivity index (χ0v) is 18.5. The molecule has 0 fully saturated rings. The van der Waals surface area contributed by atoms with E-state index < -0.39 is 5.97 Å². The molecule has 2 aromatic carbocycles. The summed E-state index contributed by atoms with van der Waals surface area (Å²) in [5.41, 5.74) is 5.28. The largest absolute Gasteiger partial charge is 0.466 e. The lowest BCUT2D eigenvalue weighted by atomic mass is 9.84. The number of esters is 1. The van der Waals surface area contributed by atoms with E-state index in [2.05, 4.69) is 18.2 Å². The van der Waals surface area contributed by atoms with Gasteiger partial charge in [-0.25, -0.2) is 9.79 Å². The molecule has 0 N–H and O–H groups in total. The highest BCUT2D eigenvalue weighted by Gasteiger charge is 2.32. The number of methoxy groups -OCH3 is 1. The van der Waals surface area contributed by atoms with Gasteiger partial charge in [-0.05, 0) is 47.6 Å². The smallest absolute Gasteiger partial charge is 0.332 e. The first-order chi connectivity index (χ1) is 15.7. The number of carbonyl (C=O) groups excluding carboxylic acids is 1. The molecule has 32 heavy (non-hydrogen) atoms. The highest BCUT2D eigenvalue weighted by molar-refractivity contribution is 7.07. The van der Waals surface area contributed by atoms with Crippen molar-refractivity contribution in [3.05, 3.63) is 108 Å². The lowest BCUT2D eigenvalue weighted by Crippen LogP contribution is -2.39. The average Bonchev–Trinajstić information content (AvgIpc) is 3.13. The maximum Gasteiger partial charge on any atom is 0.332 e. The minimum absolute atomic E-state index is 0.210. The second kappa shape index (κ2) is 8.55. The van der Waals surface area contributed by atoms with Crippen LogP contribution in [0.5, 0.6) is 0 Å². The number of thiazole rings is 1. The van der Waals surface area contributed by atoms with Crippen molar-refractivity contribution in [2.75, 3.05) is 7.11 Å². The minimum atomic E-state index is -0.542. The number of hydrogen-bond acceptors (Lipinski definition) is 5. The van der Waals surface area contributed by atoms with Crippen molar-refractivity contribution in [1.82, 2.24) is 4.57 Å². The van der Waals surface area contributed by atoms with Gasteiger partial charge in [0.1, 0.15) is 4.53 Å². The molecular weight excluding hydrogens is 420 g/mol. The van der Waals surface area contributed by atoms with Gasteiger partial charge in [0.15, 0.2) is 4.80 Å². The Bertz CT molecular complexity index is 1410. The van der Waals surface area contributed by atoms with E-state index in [1.165, 1.54) is 30.1 Å². The highest BCUT2D eigenvalue weighted by atomic mass is 32.1. The van der Waals surface area contributed by atoms with E-state index in [9.17, 15) is 9.59 Å². The average molecular weight is 443 g/mol. The third-order valence-corrected chi connectivity index (χ3v) is 6.82. The number of carbonyl (C=O) groups is 1. The maximum atomic E-state index is 13.3. The molecule has 160 valence electrons. The van der Waals surface area contributed by atoms with E-state index in [-0.39, 0.29) is 11.6 Å². The topological polar surface area (TPSA) is 60.7 Å². The summed E-state index contributed by atoms with van der Waals surface area (Å²) in [6, 6.07) is 20.1. The molecule has 1 aromatic heterocycles. The standard InChI is InChI=1S/C26H22N2O3S/c1-31-22(29)16-21-25(30)28-24(18-11-6-3-7-12-18)20-14-8-13-19(23(20)27-26(28)32-21)15-17-9-4-2-5-10-17/h2-7,9-12,15-16,24H,8,13-14H2,1H3. The van der Waals surface area contributed by atoms with E-state index in [4.69, 9.17) is 9.73 Å². The summed E-state index contributed by atoms with van der Waals surface area (Å²) in [7, 11) is 1.31. The summed E-state index contributed by atoms with van der Waals surface area (Å²) < 4.78 is 6.82. The molecule has 5 rings (SSSR count). The second-order valence-electron chi connectivity index (χ2n) is 7.82. The van der Waals surface area contributed by atoms with Gasteiger partial charge < -0.3 is 4.74 Å². The Balaban J connectivity index is 1.77. The van der Waals surface area contributed by atoms with Gasteiger partial charge in [-0.2, -0.15) is 0 Å². The number of allylic oxidation sites excluding steroid dienone is 2. The van der Waals surface area contributed by atoms with E-state index in [1.807, 2.05) is 48.5 Å². The van der Waals surface area contributed by atoms with Crippen LogP contribution < -0.4 is 14.9 Å². The fraction of sp³-hybridized carbons (Fsp3) is 0.192. The Labute approximate surface area is 189 Å². The first-order valence-corrected chi connectivity index (χ1v) is 11.4. The Kier molecular flexibility index (Phi) is 5.45. The van der Waals surface area contributed by atoms with Gasteiger partial charge in [0.2, 0.25) is 0 Å². The zero-order valence-electron chi connectivity index (χ0n) is 17.7. The number of rotatable bonds is 3. The second-order valence-corrected chi connectivity index (χ2v) is 8.83. The monoisotopic (exact) mass is 442 g/mol. The van der Waals surface area contributed by atoms with Crippen molar-refractivity contribution in [2.24, 2.45) is 4.99 Å². The van der Waals surface area contributed by atoms with Gasteiger partial charge in [-0.3, -0.25) is 9.36 Å². The molecule has 1 atom stereocenters. The Morgan fingerprint density at radius 2 is 1.81 bits per heavy atom. The molecule has 0 saturated carbocycles. The minimum Gasteiger partial charge on any atom is -0.466 e.